The molecule has 1 amide bonds. The second-order valence-electron chi connectivity index (χ2n) is 3.18. The monoisotopic (exact) mass is 363 g/mol. The van der Waals surface area contributed by atoms with Crippen LogP contribution in [0.4, 0.5) is 0 Å². The number of esters is 1. The van der Waals surface area contributed by atoms with Gasteiger partial charge in [-0.05, 0) is 28.1 Å². The van der Waals surface area contributed by atoms with E-state index in [-0.39, 0.29) is 12.5 Å². The quantitative estimate of drug-likeness (QED) is 0.657. The van der Waals surface area contributed by atoms with Gasteiger partial charge < -0.3 is 10.1 Å². The first-order chi connectivity index (χ1) is 8.06. The molecule has 0 aromatic heterocycles. The molecule has 1 aromatic carbocycles. The average molecular weight is 365 g/mol. The zero-order chi connectivity index (χ0) is 12.8. The summed E-state index contributed by atoms with van der Waals surface area (Å²) in [6.45, 7) is 0.173. The van der Waals surface area contributed by atoms with Crippen LogP contribution in [0.1, 0.15) is 10.4 Å². The van der Waals surface area contributed by atoms with Crippen LogP contribution < -0.4 is 5.32 Å². The van der Waals surface area contributed by atoms with Crippen molar-refractivity contribution >= 4 is 43.7 Å². The standard InChI is InChI=1S/C11H11Br2NO3/c1-17-11(16)9(13)6-14-10(15)7-4-2-3-5-8(7)12/h2-5,9H,6H2,1H3,(H,14,15). The first-order valence-electron chi connectivity index (χ1n) is 4.81. The van der Waals surface area contributed by atoms with Gasteiger partial charge in [0.15, 0.2) is 0 Å². The van der Waals surface area contributed by atoms with Gasteiger partial charge in [-0.15, -0.1) is 0 Å². The van der Waals surface area contributed by atoms with Crippen LogP contribution in [-0.2, 0) is 9.53 Å². The predicted octanol–water partition coefficient (Wildman–Crippen LogP) is 2.12. The Bertz CT molecular complexity index is 423. The van der Waals surface area contributed by atoms with Crippen LogP contribution in [0.3, 0.4) is 0 Å². The minimum absolute atomic E-state index is 0.173. The summed E-state index contributed by atoms with van der Waals surface area (Å²) in [4.78, 5) is 22.3. The lowest BCUT2D eigenvalue weighted by atomic mass is 10.2. The molecule has 6 heteroatoms. The molecule has 1 aromatic rings. The molecule has 1 rings (SSSR count). The lowest BCUT2D eigenvalue weighted by molar-refractivity contribution is -0.139. The highest BCUT2D eigenvalue weighted by molar-refractivity contribution is 9.10. The number of hydrogen-bond donors (Lipinski definition) is 1. The molecule has 0 bridgehead atoms. The molecule has 1 N–H and O–H groups in total. The van der Waals surface area contributed by atoms with Crippen molar-refractivity contribution < 1.29 is 14.3 Å². The molecular weight excluding hydrogens is 354 g/mol. The van der Waals surface area contributed by atoms with Gasteiger partial charge >= 0.3 is 5.97 Å². The highest BCUT2D eigenvalue weighted by Gasteiger charge is 2.17. The lowest BCUT2D eigenvalue weighted by Crippen LogP contribution is -2.34. The number of halogens is 2. The Labute approximate surface area is 116 Å². The van der Waals surface area contributed by atoms with E-state index in [1.807, 2.05) is 6.07 Å². The normalized spacial score (nSPS) is 11.7. The topological polar surface area (TPSA) is 55.4 Å². The maximum Gasteiger partial charge on any atom is 0.321 e. The first kappa shape index (κ1) is 14.2. The Balaban J connectivity index is 2.57. The van der Waals surface area contributed by atoms with Crippen LogP contribution in [0.5, 0.6) is 0 Å². The highest BCUT2D eigenvalue weighted by Crippen LogP contribution is 2.15. The SMILES string of the molecule is COC(=O)C(Br)CNC(=O)c1ccccc1Br. The van der Waals surface area contributed by atoms with E-state index in [0.717, 1.165) is 0 Å². The second kappa shape index (κ2) is 6.76. The van der Waals surface area contributed by atoms with Crippen LogP contribution in [0, 0.1) is 0 Å². The van der Waals surface area contributed by atoms with Gasteiger partial charge in [0.05, 0.1) is 12.7 Å². The summed E-state index contributed by atoms with van der Waals surface area (Å²) >= 11 is 6.40. The van der Waals surface area contributed by atoms with Gasteiger partial charge in [-0.25, -0.2) is 0 Å². The van der Waals surface area contributed by atoms with Crippen LogP contribution in [0.2, 0.25) is 0 Å². The van der Waals surface area contributed by atoms with E-state index in [1.54, 1.807) is 18.2 Å². The Hall–Kier alpha value is -0.880. The van der Waals surface area contributed by atoms with Crippen molar-refractivity contribution in [1.29, 1.82) is 0 Å². The van der Waals surface area contributed by atoms with Crippen molar-refractivity contribution in [3.8, 4) is 0 Å². The number of alkyl halides is 1. The zero-order valence-electron chi connectivity index (χ0n) is 9.07. The maximum absolute atomic E-state index is 11.8. The van der Waals surface area contributed by atoms with Crippen molar-refractivity contribution in [2.75, 3.05) is 13.7 Å². The molecule has 1 unspecified atom stereocenters. The summed E-state index contributed by atoms with van der Waals surface area (Å²) in [6, 6.07) is 7.07. The van der Waals surface area contributed by atoms with Crippen molar-refractivity contribution in [3.63, 3.8) is 0 Å². The van der Waals surface area contributed by atoms with Gasteiger partial charge in [-0.3, -0.25) is 9.59 Å². The molecule has 17 heavy (non-hydrogen) atoms. The van der Waals surface area contributed by atoms with Crippen LogP contribution >= 0.6 is 31.9 Å². The van der Waals surface area contributed by atoms with Crippen LogP contribution in [-0.4, -0.2) is 30.4 Å². The molecule has 0 spiro atoms. The number of methoxy groups -OCH3 is 1. The largest absolute Gasteiger partial charge is 0.468 e. The second-order valence-corrected chi connectivity index (χ2v) is 5.14. The molecule has 0 aliphatic heterocycles. The first-order valence-corrected chi connectivity index (χ1v) is 6.51. The van der Waals surface area contributed by atoms with Crippen molar-refractivity contribution in [2.45, 2.75) is 4.83 Å². The number of hydrogen-bond acceptors (Lipinski definition) is 3. The molecular formula is C11H11Br2NO3. The third kappa shape index (κ3) is 4.12. The Morgan fingerprint density at radius 3 is 2.65 bits per heavy atom. The molecule has 0 saturated carbocycles. The molecule has 1 atom stereocenters. The average Bonchev–Trinajstić information content (AvgIpc) is 2.35. The molecule has 4 nitrogen and oxygen atoms in total. The van der Waals surface area contributed by atoms with Crippen molar-refractivity contribution in [2.24, 2.45) is 0 Å². The Morgan fingerprint density at radius 1 is 1.41 bits per heavy atom. The van der Waals surface area contributed by atoms with Gasteiger partial charge in [-0.2, -0.15) is 0 Å². The number of amides is 1. The summed E-state index contributed by atoms with van der Waals surface area (Å²) in [5.41, 5.74) is 0.525. The lowest BCUT2D eigenvalue weighted by Gasteiger charge is -2.10. The molecule has 0 heterocycles. The fourth-order valence-electron chi connectivity index (χ4n) is 1.13. The summed E-state index contributed by atoms with van der Waals surface area (Å²) in [7, 11) is 1.30. The zero-order valence-corrected chi connectivity index (χ0v) is 12.2. The number of nitrogens with one attached hydrogen (secondary N) is 1. The van der Waals surface area contributed by atoms with Gasteiger partial charge in [0, 0.05) is 11.0 Å². The van der Waals surface area contributed by atoms with Gasteiger partial charge in [0.1, 0.15) is 4.83 Å². The third-order valence-corrected chi connectivity index (χ3v) is 3.41. The number of ether oxygens (including phenoxy) is 1. The molecule has 0 aliphatic carbocycles. The van der Waals surface area contributed by atoms with Gasteiger partial charge in [0.2, 0.25) is 0 Å². The highest BCUT2D eigenvalue weighted by atomic mass is 79.9. The minimum atomic E-state index is -0.543. The van der Waals surface area contributed by atoms with Gasteiger partial charge in [-0.1, -0.05) is 28.1 Å². The number of benzene rings is 1. The van der Waals surface area contributed by atoms with Crippen molar-refractivity contribution in [3.05, 3.63) is 34.3 Å². The van der Waals surface area contributed by atoms with Gasteiger partial charge in [0.25, 0.3) is 5.91 Å². The Kier molecular flexibility index (Phi) is 5.64. The van der Waals surface area contributed by atoms with Crippen molar-refractivity contribution in [1.82, 2.24) is 5.32 Å². The molecule has 0 radical (unpaired) electrons. The third-order valence-electron chi connectivity index (χ3n) is 2.02. The number of carbonyl (C=O) groups is 2. The molecule has 0 saturated heterocycles. The summed E-state index contributed by atoms with van der Waals surface area (Å²) in [5.74, 6) is -0.664. The fraction of sp³-hybridized carbons (Fsp3) is 0.273. The van der Waals surface area contributed by atoms with E-state index in [1.165, 1.54) is 7.11 Å². The smallest absolute Gasteiger partial charge is 0.321 e. The van der Waals surface area contributed by atoms with E-state index in [4.69, 9.17) is 0 Å². The summed E-state index contributed by atoms with van der Waals surface area (Å²) in [6.07, 6.45) is 0. The van der Waals surface area contributed by atoms with E-state index < -0.39 is 10.8 Å². The molecule has 0 aliphatic rings. The summed E-state index contributed by atoms with van der Waals surface area (Å²) in [5, 5.41) is 2.64. The predicted molar refractivity (Wildman–Crippen MR) is 71.2 cm³/mol. The van der Waals surface area contributed by atoms with E-state index in [2.05, 4.69) is 41.9 Å². The van der Waals surface area contributed by atoms with E-state index in [9.17, 15) is 9.59 Å². The molecule has 0 fully saturated rings. The number of carbonyl (C=O) groups excluding carboxylic acids is 2. The molecule has 92 valence electrons. The Morgan fingerprint density at radius 2 is 2.06 bits per heavy atom. The van der Waals surface area contributed by atoms with E-state index in [0.29, 0.717) is 10.0 Å². The van der Waals surface area contributed by atoms with Crippen LogP contribution in [0.25, 0.3) is 0 Å². The van der Waals surface area contributed by atoms with Crippen LogP contribution in [0.15, 0.2) is 28.7 Å². The number of rotatable bonds is 4. The minimum Gasteiger partial charge on any atom is -0.468 e. The maximum atomic E-state index is 11.8. The summed E-state index contributed by atoms with van der Waals surface area (Å²) < 4.78 is 5.24. The fourth-order valence-corrected chi connectivity index (χ4v) is 1.95. The van der Waals surface area contributed by atoms with E-state index >= 15 is 0 Å².